The van der Waals surface area contributed by atoms with E-state index in [-0.39, 0.29) is 5.41 Å². The van der Waals surface area contributed by atoms with Gasteiger partial charge >= 0.3 is 0 Å². The average molecular weight is 745 g/mol. The quantitative estimate of drug-likeness (QED) is 0.169. The molecule has 268 valence electrons. The monoisotopic (exact) mass is 744 g/mol. The lowest BCUT2D eigenvalue weighted by Crippen LogP contribution is -2.22. The van der Waals surface area contributed by atoms with Crippen LogP contribution in [0.3, 0.4) is 0 Å². The summed E-state index contributed by atoms with van der Waals surface area (Å²) in [6, 6.07) is 72.2. The summed E-state index contributed by atoms with van der Waals surface area (Å²) in [4.78, 5) is 10.4. The molecule has 2 heterocycles. The van der Waals surface area contributed by atoms with Gasteiger partial charge in [-0.1, -0.05) is 176 Å². The molecule has 0 radical (unpaired) electrons. The van der Waals surface area contributed by atoms with Gasteiger partial charge in [-0.05, 0) is 81.3 Å². The van der Waals surface area contributed by atoms with Gasteiger partial charge in [0.05, 0.1) is 11.4 Å². The molecule has 1 aliphatic carbocycles. The fourth-order valence-corrected chi connectivity index (χ4v) is 10.1. The Balaban J connectivity index is 0.989. The van der Waals surface area contributed by atoms with Crippen LogP contribution in [0.15, 0.2) is 200 Å². The molecule has 2 nitrogen and oxygen atoms in total. The second-order valence-corrected chi connectivity index (χ2v) is 16.1. The minimum Gasteiger partial charge on any atom is -0.228 e. The summed E-state index contributed by atoms with van der Waals surface area (Å²) in [5.74, 6) is 0.713. The summed E-state index contributed by atoms with van der Waals surface area (Å²) in [7, 11) is 0. The molecule has 11 rings (SSSR count). The van der Waals surface area contributed by atoms with Gasteiger partial charge in [0.1, 0.15) is 0 Å². The fraction of sp³-hybridized carbons (Fsp3) is 0.0370. The molecule has 57 heavy (non-hydrogen) atoms. The van der Waals surface area contributed by atoms with Crippen molar-refractivity contribution < 1.29 is 0 Å². The van der Waals surface area contributed by atoms with Crippen LogP contribution in [0.4, 0.5) is 0 Å². The highest BCUT2D eigenvalue weighted by molar-refractivity contribution is 7.26. The molecule has 8 aromatic carbocycles. The van der Waals surface area contributed by atoms with E-state index in [1.807, 2.05) is 29.5 Å². The lowest BCUT2D eigenvalue weighted by molar-refractivity contribution is 0.714. The molecule has 3 heteroatoms. The lowest BCUT2D eigenvalue weighted by Gasteiger charge is -2.28. The van der Waals surface area contributed by atoms with E-state index in [9.17, 15) is 0 Å². The molecular weight excluding hydrogens is 709 g/mol. The van der Waals surface area contributed by atoms with E-state index >= 15 is 0 Å². The third-order valence-electron chi connectivity index (χ3n) is 11.8. The predicted octanol–water partition coefficient (Wildman–Crippen LogP) is 14.5. The first-order chi connectivity index (χ1) is 28.1. The highest BCUT2D eigenvalue weighted by Gasteiger charge is 2.40. The molecule has 1 unspecified atom stereocenters. The second-order valence-electron chi connectivity index (χ2n) is 15.1. The average Bonchev–Trinajstić information content (AvgIpc) is 3.80. The highest BCUT2D eigenvalue weighted by atomic mass is 32.1. The van der Waals surface area contributed by atoms with E-state index in [2.05, 4.69) is 189 Å². The van der Waals surface area contributed by atoms with Crippen molar-refractivity contribution in [2.75, 3.05) is 0 Å². The van der Waals surface area contributed by atoms with Crippen LogP contribution in [-0.2, 0) is 5.41 Å². The van der Waals surface area contributed by atoms with Crippen molar-refractivity contribution in [3.8, 4) is 67.3 Å². The van der Waals surface area contributed by atoms with Gasteiger partial charge in [-0.2, -0.15) is 0 Å². The van der Waals surface area contributed by atoms with Crippen molar-refractivity contribution in [3.05, 3.63) is 217 Å². The van der Waals surface area contributed by atoms with Crippen LogP contribution in [-0.4, -0.2) is 9.97 Å². The van der Waals surface area contributed by atoms with E-state index in [1.165, 1.54) is 70.2 Å². The molecule has 1 aliphatic rings. The van der Waals surface area contributed by atoms with Crippen molar-refractivity contribution in [2.45, 2.75) is 12.3 Å². The first-order valence-electron chi connectivity index (χ1n) is 19.5. The van der Waals surface area contributed by atoms with Gasteiger partial charge in [-0.25, -0.2) is 9.97 Å². The first kappa shape index (κ1) is 33.4. The molecule has 0 saturated heterocycles. The molecule has 0 bridgehead atoms. The normalized spacial score (nSPS) is 14.5. The van der Waals surface area contributed by atoms with Crippen LogP contribution >= 0.6 is 11.3 Å². The number of fused-ring (bicyclic) bond motifs is 6. The van der Waals surface area contributed by atoms with Gasteiger partial charge in [0, 0.05) is 42.3 Å². The van der Waals surface area contributed by atoms with Crippen molar-refractivity contribution in [1.29, 1.82) is 0 Å². The number of nitrogens with zero attached hydrogens (tertiary/aromatic N) is 2. The van der Waals surface area contributed by atoms with Crippen LogP contribution in [0.5, 0.6) is 0 Å². The lowest BCUT2D eigenvalue weighted by atomic mass is 9.74. The molecule has 2 aromatic heterocycles. The van der Waals surface area contributed by atoms with Gasteiger partial charge in [0.15, 0.2) is 5.82 Å². The minimum atomic E-state index is -0.293. The van der Waals surface area contributed by atoms with Gasteiger partial charge in [0.25, 0.3) is 0 Å². The van der Waals surface area contributed by atoms with Crippen LogP contribution in [0.1, 0.15) is 23.6 Å². The number of benzene rings is 8. The summed E-state index contributed by atoms with van der Waals surface area (Å²) in [6.07, 6.45) is 0. The number of hydrogen-bond donors (Lipinski definition) is 0. The molecule has 0 saturated carbocycles. The van der Waals surface area contributed by atoms with Crippen molar-refractivity contribution in [1.82, 2.24) is 9.97 Å². The summed E-state index contributed by atoms with van der Waals surface area (Å²) >= 11 is 1.87. The molecule has 10 aromatic rings. The summed E-state index contributed by atoms with van der Waals surface area (Å²) in [5.41, 5.74) is 15.9. The molecule has 0 N–H and O–H groups in total. The van der Waals surface area contributed by atoms with Crippen molar-refractivity contribution >= 4 is 31.5 Å². The van der Waals surface area contributed by atoms with Crippen molar-refractivity contribution in [3.63, 3.8) is 0 Å². The largest absolute Gasteiger partial charge is 0.228 e. The Hall–Kier alpha value is -6.94. The Labute approximate surface area is 336 Å². The van der Waals surface area contributed by atoms with Gasteiger partial charge in [-0.3, -0.25) is 0 Å². The zero-order valence-corrected chi connectivity index (χ0v) is 32.2. The number of aromatic nitrogens is 2. The van der Waals surface area contributed by atoms with E-state index in [0.29, 0.717) is 5.82 Å². The van der Waals surface area contributed by atoms with Gasteiger partial charge in [-0.15, -0.1) is 11.3 Å². The van der Waals surface area contributed by atoms with Crippen LogP contribution in [0.2, 0.25) is 0 Å². The highest BCUT2D eigenvalue weighted by Crippen LogP contribution is 2.53. The summed E-state index contributed by atoms with van der Waals surface area (Å²) in [5, 5.41) is 2.64. The molecule has 0 fully saturated rings. The van der Waals surface area contributed by atoms with E-state index in [1.54, 1.807) is 0 Å². The number of rotatable bonds is 6. The predicted molar refractivity (Wildman–Crippen MR) is 240 cm³/mol. The van der Waals surface area contributed by atoms with Crippen molar-refractivity contribution in [2.24, 2.45) is 0 Å². The Morgan fingerprint density at radius 2 is 0.982 bits per heavy atom. The maximum absolute atomic E-state index is 5.22. The maximum atomic E-state index is 5.22. The molecule has 0 amide bonds. The van der Waals surface area contributed by atoms with Crippen LogP contribution in [0.25, 0.3) is 87.5 Å². The minimum absolute atomic E-state index is 0.293. The zero-order valence-electron chi connectivity index (χ0n) is 31.4. The Morgan fingerprint density at radius 3 is 1.82 bits per heavy atom. The summed E-state index contributed by atoms with van der Waals surface area (Å²) < 4.78 is 2.65. The molecule has 0 aliphatic heterocycles. The molecule has 1 atom stereocenters. The Kier molecular flexibility index (Phi) is 7.84. The standard InChI is InChI=1S/C54H36N2S/c1-54(41-18-6-3-7-19-41)47-24-10-8-20-43(47)44-31-30-40(33-48(44)54)50-34-49(55-53(56-50)37-14-4-2-5-15-37)36-28-26-35(27-29-36)38-16-12-17-39(32-38)42-22-13-23-46-45-21-9-11-25-51(45)57-52(42)46/h2-34H,1H3. The molecular formula is C54H36N2S. The van der Waals surface area contributed by atoms with Crippen LogP contribution in [0, 0.1) is 0 Å². The maximum Gasteiger partial charge on any atom is 0.160 e. The van der Waals surface area contributed by atoms with Gasteiger partial charge < -0.3 is 0 Å². The summed E-state index contributed by atoms with van der Waals surface area (Å²) in [6.45, 7) is 2.36. The number of thiophene rings is 1. The topological polar surface area (TPSA) is 25.8 Å². The second kappa shape index (κ2) is 13.4. The Bertz CT molecular complexity index is 3130. The fourth-order valence-electron chi connectivity index (χ4n) is 8.87. The first-order valence-corrected chi connectivity index (χ1v) is 20.3. The third kappa shape index (κ3) is 5.54. The van der Waals surface area contributed by atoms with Gasteiger partial charge in [0.2, 0.25) is 0 Å². The van der Waals surface area contributed by atoms with Crippen LogP contribution < -0.4 is 0 Å². The SMILES string of the molecule is CC1(c2ccccc2)c2ccccc2-c2ccc(-c3cc(-c4ccc(-c5cccc(-c6cccc7c6sc6ccccc67)c5)cc4)nc(-c4ccccc4)n3)cc21. The molecule has 0 spiro atoms. The third-order valence-corrected chi connectivity index (χ3v) is 13.0. The van der Waals surface area contributed by atoms with E-state index in [4.69, 9.17) is 9.97 Å². The smallest absolute Gasteiger partial charge is 0.160 e. The Morgan fingerprint density at radius 1 is 0.386 bits per heavy atom. The van der Waals surface area contributed by atoms with E-state index < -0.39 is 0 Å². The number of hydrogen-bond acceptors (Lipinski definition) is 3. The van der Waals surface area contributed by atoms with E-state index in [0.717, 1.165) is 28.1 Å². The zero-order chi connectivity index (χ0) is 37.9.